The van der Waals surface area contributed by atoms with E-state index in [0.29, 0.717) is 17.6 Å². The third-order valence-corrected chi connectivity index (χ3v) is 11.9. The first kappa shape index (κ1) is 32.0. The predicted octanol–water partition coefficient (Wildman–Crippen LogP) is 13.6. The molecule has 0 amide bonds. The average molecular weight is 754 g/mol. The molecule has 274 valence electrons. The van der Waals surface area contributed by atoms with Crippen LogP contribution >= 0.6 is 0 Å². The van der Waals surface area contributed by atoms with E-state index in [-0.39, 0.29) is 0 Å². The molecule has 6 heteroatoms. The number of para-hydroxylation sites is 3. The van der Waals surface area contributed by atoms with E-state index in [1.807, 2.05) is 18.2 Å². The molecule has 13 rings (SSSR count). The zero-order valence-corrected chi connectivity index (χ0v) is 31.5. The summed E-state index contributed by atoms with van der Waals surface area (Å²) in [6, 6.07) is 66.1. The van der Waals surface area contributed by atoms with Gasteiger partial charge in [-0.3, -0.25) is 4.57 Å². The lowest BCUT2D eigenvalue weighted by Crippen LogP contribution is -2.08. The number of furan rings is 1. The minimum absolute atomic E-state index is 0.543. The molecule has 59 heavy (non-hydrogen) atoms. The SMILES string of the molecule is c1ccc(-c2nc(-c3ccc4c(oc5cc6ccccc6cc54)c3-n3c4ccccc4c4cc5ccccc5cc43)nc(-n3c4ccccc4c4ccccc43)n2)cc1. The molecule has 4 aromatic heterocycles. The van der Waals surface area contributed by atoms with Gasteiger partial charge in [-0.1, -0.05) is 133 Å². The second-order valence-corrected chi connectivity index (χ2v) is 15.2. The lowest BCUT2D eigenvalue weighted by atomic mass is 10.0. The van der Waals surface area contributed by atoms with Crippen molar-refractivity contribution in [1.82, 2.24) is 24.1 Å². The molecule has 0 saturated heterocycles. The number of fused-ring (bicyclic) bond motifs is 11. The molecular weight excluding hydrogens is 723 g/mol. The van der Waals surface area contributed by atoms with Crippen LogP contribution in [0.2, 0.25) is 0 Å². The van der Waals surface area contributed by atoms with Crippen molar-refractivity contribution in [1.29, 1.82) is 0 Å². The highest BCUT2D eigenvalue weighted by Crippen LogP contribution is 2.44. The first-order chi connectivity index (χ1) is 29.2. The van der Waals surface area contributed by atoms with Gasteiger partial charge in [-0.2, -0.15) is 9.97 Å². The van der Waals surface area contributed by atoms with Crippen LogP contribution in [0, 0.1) is 0 Å². The summed E-state index contributed by atoms with van der Waals surface area (Å²) < 4.78 is 11.6. The fourth-order valence-corrected chi connectivity index (χ4v) is 9.25. The molecule has 13 aromatic rings. The third kappa shape index (κ3) is 4.71. The van der Waals surface area contributed by atoms with E-state index < -0.39 is 0 Å². The molecule has 0 aliphatic heterocycles. The van der Waals surface area contributed by atoms with E-state index >= 15 is 0 Å². The van der Waals surface area contributed by atoms with Crippen LogP contribution in [0.25, 0.3) is 122 Å². The number of nitrogens with zero attached hydrogens (tertiary/aromatic N) is 5. The highest BCUT2D eigenvalue weighted by molar-refractivity contribution is 6.18. The standard InChI is InChI=1S/C53H31N5O/c1-2-14-32(15-3-1)51-54-52(56-53(55-51)58-45-24-12-8-20-37(45)38-21-9-13-25-46(38)58)41-27-26-40-43-29-34-17-5-7-19-36(34)31-48(43)59-50(40)49(41)57-44-23-11-10-22-39(44)42-28-33-16-4-6-18-35(33)30-47(42)57/h1-31H. The van der Waals surface area contributed by atoms with E-state index in [2.05, 4.69) is 179 Å². The summed E-state index contributed by atoms with van der Waals surface area (Å²) in [6.07, 6.45) is 0. The monoisotopic (exact) mass is 753 g/mol. The first-order valence-electron chi connectivity index (χ1n) is 19.9. The van der Waals surface area contributed by atoms with Gasteiger partial charge in [-0.25, -0.2) is 4.98 Å². The number of rotatable bonds is 4. The second-order valence-electron chi connectivity index (χ2n) is 15.2. The highest BCUT2D eigenvalue weighted by Gasteiger charge is 2.25. The van der Waals surface area contributed by atoms with Crippen molar-refractivity contribution in [2.75, 3.05) is 0 Å². The van der Waals surface area contributed by atoms with Crippen LogP contribution < -0.4 is 0 Å². The van der Waals surface area contributed by atoms with Crippen LogP contribution in [0.4, 0.5) is 0 Å². The van der Waals surface area contributed by atoms with E-state index in [0.717, 1.165) is 98.5 Å². The van der Waals surface area contributed by atoms with E-state index in [1.165, 1.54) is 5.39 Å². The van der Waals surface area contributed by atoms with Gasteiger partial charge in [0.2, 0.25) is 5.95 Å². The Morgan fingerprint density at radius 3 is 1.56 bits per heavy atom. The van der Waals surface area contributed by atoms with Gasteiger partial charge in [0, 0.05) is 43.4 Å². The quantitative estimate of drug-likeness (QED) is 0.180. The molecule has 0 fully saturated rings. The van der Waals surface area contributed by atoms with Gasteiger partial charge in [0.25, 0.3) is 0 Å². The predicted molar refractivity (Wildman–Crippen MR) is 242 cm³/mol. The third-order valence-electron chi connectivity index (χ3n) is 11.9. The van der Waals surface area contributed by atoms with Crippen molar-refractivity contribution in [3.63, 3.8) is 0 Å². The molecule has 0 radical (unpaired) electrons. The van der Waals surface area contributed by atoms with Gasteiger partial charge in [-0.05, 0) is 76.1 Å². The Labute approximate surface area is 336 Å². The van der Waals surface area contributed by atoms with Crippen molar-refractivity contribution in [3.05, 3.63) is 188 Å². The van der Waals surface area contributed by atoms with Gasteiger partial charge in [0.05, 0.1) is 22.1 Å². The smallest absolute Gasteiger partial charge is 0.238 e. The second kappa shape index (κ2) is 12.2. The van der Waals surface area contributed by atoms with Gasteiger partial charge in [0.15, 0.2) is 17.2 Å². The lowest BCUT2D eigenvalue weighted by Gasteiger charge is -2.16. The van der Waals surface area contributed by atoms with Crippen molar-refractivity contribution in [2.45, 2.75) is 0 Å². The molecule has 0 aliphatic carbocycles. The number of hydrogen-bond donors (Lipinski definition) is 0. The lowest BCUT2D eigenvalue weighted by molar-refractivity contribution is 0.667. The summed E-state index contributed by atoms with van der Waals surface area (Å²) in [7, 11) is 0. The Bertz CT molecular complexity index is 3800. The zero-order valence-electron chi connectivity index (χ0n) is 31.5. The summed E-state index contributed by atoms with van der Waals surface area (Å²) in [5.74, 6) is 1.67. The molecule has 0 saturated carbocycles. The van der Waals surface area contributed by atoms with E-state index in [4.69, 9.17) is 19.4 Å². The maximum atomic E-state index is 7.10. The molecule has 0 bridgehead atoms. The topological polar surface area (TPSA) is 61.7 Å². The van der Waals surface area contributed by atoms with Gasteiger partial charge >= 0.3 is 0 Å². The number of hydrogen-bond acceptors (Lipinski definition) is 4. The van der Waals surface area contributed by atoms with Crippen LogP contribution in [-0.2, 0) is 0 Å². The highest BCUT2D eigenvalue weighted by atomic mass is 16.3. The fourth-order valence-electron chi connectivity index (χ4n) is 9.25. The van der Waals surface area contributed by atoms with Crippen LogP contribution in [0.3, 0.4) is 0 Å². The summed E-state index contributed by atoms with van der Waals surface area (Å²) in [4.78, 5) is 16.0. The summed E-state index contributed by atoms with van der Waals surface area (Å²) in [6.45, 7) is 0. The summed E-state index contributed by atoms with van der Waals surface area (Å²) >= 11 is 0. The first-order valence-corrected chi connectivity index (χ1v) is 19.9. The van der Waals surface area contributed by atoms with Crippen molar-refractivity contribution >= 4 is 87.1 Å². The molecule has 6 nitrogen and oxygen atoms in total. The largest absolute Gasteiger partial charge is 0.454 e. The Balaban J connectivity index is 1.19. The summed E-state index contributed by atoms with van der Waals surface area (Å²) in [5, 5.41) is 11.3. The van der Waals surface area contributed by atoms with E-state index in [9.17, 15) is 0 Å². The molecule has 0 spiro atoms. The Kier molecular flexibility index (Phi) is 6.63. The maximum Gasteiger partial charge on any atom is 0.238 e. The normalized spacial score (nSPS) is 12.1. The zero-order chi connectivity index (χ0) is 38.6. The number of aromatic nitrogens is 5. The molecule has 4 heterocycles. The summed E-state index contributed by atoms with van der Waals surface area (Å²) in [5.41, 5.74) is 8.40. The maximum absolute atomic E-state index is 7.10. The Hall–Kier alpha value is -8.09. The van der Waals surface area contributed by atoms with Crippen LogP contribution in [0.1, 0.15) is 0 Å². The minimum atomic E-state index is 0.543. The van der Waals surface area contributed by atoms with Gasteiger partial charge < -0.3 is 8.98 Å². The molecule has 0 unspecified atom stereocenters. The molecule has 0 aliphatic rings. The van der Waals surface area contributed by atoms with Gasteiger partial charge in [0.1, 0.15) is 11.3 Å². The van der Waals surface area contributed by atoms with E-state index in [1.54, 1.807) is 0 Å². The molecule has 9 aromatic carbocycles. The minimum Gasteiger partial charge on any atom is -0.454 e. The Morgan fingerprint density at radius 1 is 0.356 bits per heavy atom. The fraction of sp³-hybridized carbons (Fsp3) is 0. The van der Waals surface area contributed by atoms with Crippen molar-refractivity contribution < 1.29 is 4.42 Å². The average Bonchev–Trinajstić information content (AvgIpc) is 3.94. The van der Waals surface area contributed by atoms with Crippen LogP contribution in [0.5, 0.6) is 0 Å². The van der Waals surface area contributed by atoms with Crippen molar-refractivity contribution in [2.24, 2.45) is 0 Å². The van der Waals surface area contributed by atoms with Gasteiger partial charge in [-0.15, -0.1) is 0 Å². The van der Waals surface area contributed by atoms with Crippen molar-refractivity contribution in [3.8, 4) is 34.4 Å². The molecule has 0 atom stereocenters. The number of benzene rings is 9. The van der Waals surface area contributed by atoms with Crippen LogP contribution in [0.15, 0.2) is 192 Å². The van der Waals surface area contributed by atoms with Crippen LogP contribution in [-0.4, -0.2) is 24.1 Å². The molecule has 0 N–H and O–H groups in total. The Morgan fingerprint density at radius 2 is 0.881 bits per heavy atom. The molecular formula is C53H31N5O.